The van der Waals surface area contributed by atoms with Crippen molar-refractivity contribution in [1.29, 1.82) is 0 Å². The molecule has 0 bridgehead atoms. The number of nitrogens with one attached hydrogen (secondary N) is 1. The molecule has 0 saturated heterocycles. The average molecular weight is 399 g/mol. The van der Waals surface area contributed by atoms with E-state index in [4.69, 9.17) is 14.2 Å². The van der Waals surface area contributed by atoms with Gasteiger partial charge in [0.05, 0.1) is 20.3 Å². The number of rotatable bonds is 10. The smallest absolute Gasteiger partial charge is 0.306 e. The highest BCUT2D eigenvalue weighted by atomic mass is 16.5. The molecule has 0 aromatic heterocycles. The molecule has 0 aliphatic rings. The third-order valence-corrected chi connectivity index (χ3v) is 4.65. The van der Waals surface area contributed by atoms with Crippen LogP contribution in [0.25, 0.3) is 0 Å². The van der Waals surface area contributed by atoms with Crippen molar-refractivity contribution >= 4 is 11.9 Å². The fourth-order valence-corrected chi connectivity index (χ4v) is 2.96. The van der Waals surface area contributed by atoms with E-state index in [2.05, 4.69) is 5.32 Å². The Morgan fingerprint density at radius 2 is 1.69 bits per heavy atom. The van der Waals surface area contributed by atoms with E-state index in [0.717, 1.165) is 17.5 Å². The van der Waals surface area contributed by atoms with Gasteiger partial charge < -0.3 is 19.5 Å². The molecule has 0 aliphatic heterocycles. The Hall–Kier alpha value is -3.02. The maximum atomic E-state index is 12.2. The Labute approximate surface area is 172 Å². The van der Waals surface area contributed by atoms with Gasteiger partial charge in [0.15, 0.2) is 18.1 Å². The first-order valence-corrected chi connectivity index (χ1v) is 9.69. The largest absolute Gasteiger partial charge is 0.493 e. The Kier molecular flexibility index (Phi) is 8.52. The molecule has 6 heteroatoms. The Bertz CT molecular complexity index is 817. The maximum absolute atomic E-state index is 12.2. The SMILES string of the molecule is CC[C@@H](NC(=O)COC(=O)CCc1ccc(OC)c(OC)c1)c1ccc(C)cc1. The van der Waals surface area contributed by atoms with Crippen LogP contribution < -0.4 is 14.8 Å². The summed E-state index contributed by atoms with van der Waals surface area (Å²) in [5.41, 5.74) is 3.12. The van der Waals surface area contributed by atoms with Gasteiger partial charge in [-0.05, 0) is 43.0 Å². The van der Waals surface area contributed by atoms with Gasteiger partial charge in [-0.25, -0.2) is 0 Å². The molecule has 0 unspecified atom stereocenters. The Morgan fingerprint density at radius 1 is 1.00 bits per heavy atom. The minimum Gasteiger partial charge on any atom is -0.493 e. The first-order valence-electron chi connectivity index (χ1n) is 9.69. The highest BCUT2D eigenvalue weighted by Gasteiger charge is 2.14. The summed E-state index contributed by atoms with van der Waals surface area (Å²) < 4.78 is 15.6. The first-order chi connectivity index (χ1) is 14.0. The molecule has 156 valence electrons. The first kappa shape index (κ1) is 22.3. The lowest BCUT2D eigenvalue weighted by Gasteiger charge is -2.17. The van der Waals surface area contributed by atoms with Crippen LogP contribution in [0.3, 0.4) is 0 Å². The number of hydrogen-bond acceptors (Lipinski definition) is 5. The van der Waals surface area contributed by atoms with E-state index < -0.39 is 5.97 Å². The standard InChI is InChI=1S/C23H29NO5/c1-5-19(18-10-6-16(2)7-11-18)24-22(25)15-29-23(26)13-9-17-8-12-20(27-3)21(14-17)28-4/h6-8,10-12,14,19H,5,9,13,15H2,1-4H3,(H,24,25)/t19-/m1/s1. The average Bonchev–Trinajstić information content (AvgIpc) is 2.74. The van der Waals surface area contributed by atoms with Crippen LogP contribution in [-0.4, -0.2) is 32.7 Å². The number of carbonyl (C=O) groups is 2. The van der Waals surface area contributed by atoms with E-state index in [0.29, 0.717) is 17.9 Å². The third-order valence-electron chi connectivity index (χ3n) is 4.65. The van der Waals surface area contributed by atoms with Gasteiger partial charge in [0.25, 0.3) is 5.91 Å². The normalized spacial score (nSPS) is 11.4. The van der Waals surface area contributed by atoms with Crippen LogP contribution in [0.4, 0.5) is 0 Å². The summed E-state index contributed by atoms with van der Waals surface area (Å²) in [6.07, 6.45) is 1.42. The summed E-state index contributed by atoms with van der Waals surface area (Å²) in [5.74, 6) is 0.518. The molecule has 2 aromatic rings. The number of aryl methyl sites for hydroxylation is 2. The predicted molar refractivity (Wildman–Crippen MR) is 111 cm³/mol. The van der Waals surface area contributed by atoms with Crippen molar-refractivity contribution in [2.45, 2.75) is 39.2 Å². The number of methoxy groups -OCH3 is 2. The predicted octanol–water partition coefficient (Wildman–Crippen LogP) is 3.76. The van der Waals surface area contributed by atoms with Crippen molar-refractivity contribution in [3.05, 3.63) is 59.2 Å². The fraction of sp³-hybridized carbons (Fsp3) is 0.391. The summed E-state index contributed by atoms with van der Waals surface area (Å²) in [7, 11) is 3.14. The Balaban J connectivity index is 1.79. The number of esters is 1. The van der Waals surface area contributed by atoms with Crippen molar-refractivity contribution in [2.24, 2.45) is 0 Å². The molecule has 2 aromatic carbocycles. The van der Waals surface area contributed by atoms with Crippen molar-refractivity contribution < 1.29 is 23.8 Å². The summed E-state index contributed by atoms with van der Waals surface area (Å²) >= 11 is 0. The van der Waals surface area contributed by atoms with E-state index in [1.807, 2.05) is 50.2 Å². The van der Waals surface area contributed by atoms with Crippen molar-refractivity contribution in [1.82, 2.24) is 5.32 Å². The number of ether oxygens (including phenoxy) is 3. The van der Waals surface area contributed by atoms with Crippen LogP contribution in [0.2, 0.25) is 0 Å². The van der Waals surface area contributed by atoms with Crippen LogP contribution in [0.15, 0.2) is 42.5 Å². The fourth-order valence-electron chi connectivity index (χ4n) is 2.96. The van der Waals surface area contributed by atoms with Crippen LogP contribution in [0.1, 0.15) is 42.5 Å². The molecular formula is C23H29NO5. The van der Waals surface area contributed by atoms with E-state index in [-0.39, 0.29) is 25.0 Å². The summed E-state index contributed by atoms with van der Waals surface area (Å²) in [6, 6.07) is 13.4. The van der Waals surface area contributed by atoms with Gasteiger partial charge in [-0.15, -0.1) is 0 Å². The molecule has 0 radical (unpaired) electrons. The lowest BCUT2D eigenvalue weighted by molar-refractivity contribution is -0.148. The molecule has 29 heavy (non-hydrogen) atoms. The zero-order valence-corrected chi connectivity index (χ0v) is 17.5. The number of carbonyl (C=O) groups excluding carboxylic acids is 2. The molecule has 1 amide bonds. The molecular weight excluding hydrogens is 370 g/mol. The van der Waals surface area contributed by atoms with E-state index >= 15 is 0 Å². The van der Waals surface area contributed by atoms with Gasteiger partial charge in [-0.1, -0.05) is 42.8 Å². The van der Waals surface area contributed by atoms with Crippen LogP contribution in [0.5, 0.6) is 11.5 Å². The lowest BCUT2D eigenvalue weighted by Crippen LogP contribution is -2.32. The molecule has 1 N–H and O–H groups in total. The van der Waals surface area contributed by atoms with Crippen molar-refractivity contribution in [3.8, 4) is 11.5 Å². The van der Waals surface area contributed by atoms with Crippen LogP contribution >= 0.6 is 0 Å². The van der Waals surface area contributed by atoms with Crippen LogP contribution in [-0.2, 0) is 20.7 Å². The van der Waals surface area contributed by atoms with E-state index in [1.54, 1.807) is 20.3 Å². The number of hydrogen-bond donors (Lipinski definition) is 1. The highest BCUT2D eigenvalue weighted by Crippen LogP contribution is 2.28. The van der Waals surface area contributed by atoms with E-state index in [9.17, 15) is 9.59 Å². The summed E-state index contributed by atoms with van der Waals surface area (Å²) in [5, 5.41) is 2.91. The maximum Gasteiger partial charge on any atom is 0.306 e. The molecule has 0 heterocycles. The van der Waals surface area contributed by atoms with E-state index in [1.165, 1.54) is 5.56 Å². The molecule has 2 rings (SSSR count). The monoisotopic (exact) mass is 399 g/mol. The second kappa shape index (κ2) is 11.1. The molecule has 0 aliphatic carbocycles. The summed E-state index contributed by atoms with van der Waals surface area (Å²) in [4.78, 5) is 24.2. The van der Waals surface area contributed by atoms with Crippen molar-refractivity contribution in [2.75, 3.05) is 20.8 Å². The van der Waals surface area contributed by atoms with Crippen molar-refractivity contribution in [3.63, 3.8) is 0 Å². The lowest BCUT2D eigenvalue weighted by atomic mass is 10.0. The van der Waals surface area contributed by atoms with Gasteiger partial charge >= 0.3 is 5.97 Å². The second-order valence-corrected chi connectivity index (χ2v) is 6.79. The topological polar surface area (TPSA) is 73.9 Å². The molecule has 0 spiro atoms. The second-order valence-electron chi connectivity index (χ2n) is 6.79. The van der Waals surface area contributed by atoms with Gasteiger partial charge in [-0.2, -0.15) is 0 Å². The minimum absolute atomic E-state index is 0.103. The molecule has 0 saturated carbocycles. The highest BCUT2D eigenvalue weighted by molar-refractivity contribution is 5.81. The third kappa shape index (κ3) is 6.82. The van der Waals surface area contributed by atoms with Crippen LogP contribution in [0, 0.1) is 6.92 Å². The van der Waals surface area contributed by atoms with Gasteiger partial charge in [0.1, 0.15) is 0 Å². The Morgan fingerprint density at radius 3 is 2.31 bits per heavy atom. The molecule has 6 nitrogen and oxygen atoms in total. The van der Waals surface area contributed by atoms with Gasteiger partial charge in [0, 0.05) is 6.42 Å². The molecule has 1 atom stereocenters. The van der Waals surface area contributed by atoms with Gasteiger partial charge in [0.2, 0.25) is 0 Å². The quantitative estimate of drug-likeness (QED) is 0.616. The number of amides is 1. The summed E-state index contributed by atoms with van der Waals surface area (Å²) in [6.45, 7) is 3.73. The zero-order chi connectivity index (χ0) is 21.2. The minimum atomic E-state index is -0.418. The van der Waals surface area contributed by atoms with Gasteiger partial charge in [-0.3, -0.25) is 9.59 Å². The zero-order valence-electron chi connectivity index (χ0n) is 17.5. The molecule has 0 fully saturated rings. The number of benzene rings is 2.